The van der Waals surface area contributed by atoms with Gasteiger partial charge < -0.3 is 15.0 Å². The molecule has 0 bridgehead atoms. The fourth-order valence-corrected chi connectivity index (χ4v) is 5.47. The van der Waals surface area contributed by atoms with Crippen LogP contribution in [0, 0.1) is 5.92 Å². The van der Waals surface area contributed by atoms with Crippen LogP contribution in [0.5, 0.6) is 0 Å². The highest BCUT2D eigenvalue weighted by molar-refractivity contribution is 6.30. The largest absolute Gasteiger partial charge is 0.478 e. The van der Waals surface area contributed by atoms with Gasteiger partial charge in [0, 0.05) is 10.6 Å². The van der Waals surface area contributed by atoms with E-state index in [9.17, 15) is 27.9 Å². The summed E-state index contributed by atoms with van der Waals surface area (Å²) in [6.07, 6.45) is -0.584. The van der Waals surface area contributed by atoms with E-state index < -0.39 is 40.9 Å². The summed E-state index contributed by atoms with van der Waals surface area (Å²) in [7, 11) is 0. The van der Waals surface area contributed by atoms with E-state index in [1.807, 2.05) is 28.8 Å². The van der Waals surface area contributed by atoms with Crippen molar-refractivity contribution in [1.82, 2.24) is 9.55 Å². The first kappa shape index (κ1) is 26.7. The molecule has 202 valence electrons. The molecule has 1 saturated carbocycles. The molecule has 1 fully saturated rings. The van der Waals surface area contributed by atoms with Crippen LogP contribution in [-0.4, -0.2) is 26.5 Å². The summed E-state index contributed by atoms with van der Waals surface area (Å²) in [6.45, 7) is 0. The predicted molar refractivity (Wildman–Crippen MR) is 143 cm³/mol. The first-order valence-corrected chi connectivity index (χ1v) is 13.0. The fourth-order valence-electron chi connectivity index (χ4n) is 5.35. The van der Waals surface area contributed by atoms with Gasteiger partial charge in [0.05, 0.1) is 27.8 Å². The van der Waals surface area contributed by atoms with Crippen LogP contribution in [0.1, 0.15) is 54.1 Å². The van der Waals surface area contributed by atoms with Crippen LogP contribution in [0.3, 0.4) is 0 Å². The number of rotatable bonds is 6. The minimum atomic E-state index is -4.87. The number of hydrogen-bond donors (Lipinski definition) is 2. The van der Waals surface area contributed by atoms with Gasteiger partial charge in [0.15, 0.2) is 0 Å². The van der Waals surface area contributed by atoms with Gasteiger partial charge in [-0.25, -0.2) is 9.78 Å². The van der Waals surface area contributed by atoms with Crippen LogP contribution in [0.15, 0.2) is 66.7 Å². The summed E-state index contributed by atoms with van der Waals surface area (Å²) in [5.41, 5.74) is -0.175. The lowest BCUT2D eigenvalue weighted by atomic mass is 9.83. The molecule has 1 heterocycles. The summed E-state index contributed by atoms with van der Waals surface area (Å²) in [6, 6.07) is 16.1. The molecule has 1 aromatic heterocycles. The number of carboxylic acid groups (broad SMARTS) is 1. The van der Waals surface area contributed by atoms with Gasteiger partial charge in [0.25, 0.3) is 0 Å². The minimum absolute atomic E-state index is 0.143. The standard InChI is InChI=1S/C29H25ClF3N3O3/c30-20-13-10-18(11-14-20)26-34-23-8-4-5-9-24(23)36(26)25(17-6-2-1-3-7-17)27(37)35-22-15-12-19(28(38)39)16-21(22)29(31,32)33/h4-5,8-17,25H,1-3,6-7H2,(H,35,37)(H,38,39)/t25-/m0/s1. The number of aromatic nitrogens is 2. The molecule has 1 aliphatic rings. The van der Waals surface area contributed by atoms with E-state index in [4.69, 9.17) is 16.6 Å². The molecule has 1 aliphatic carbocycles. The van der Waals surface area contributed by atoms with Crippen molar-refractivity contribution in [3.05, 3.63) is 82.9 Å². The number of alkyl halides is 3. The number of fused-ring (bicyclic) bond motifs is 1. The number of nitrogens with zero attached hydrogens (tertiary/aromatic N) is 2. The number of carboxylic acids is 1. The molecule has 1 amide bonds. The second kappa shape index (κ2) is 10.7. The third-order valence-electron chi connectivity index (χ3n) is 7.17. The van der Waals surface area contributed by atoms with Crippen molar-refractivity contribution in [1.29, 1.82) is 0 Å². The Morgan fingerprint density at radius 1 is 1.00 bits per heavy atom. The fraction of sp³-hybridized carbons (Fsp3) is 0.276. The third kappa shape index (κ3) is 5.49. The van der Waals surface area contributed by atoms with E-state index in [1.54, 1.807) is 24.3 Å². The van der Waals surface area contributed by atoms with Gasteiger partial charge >= 0.3 is 12.1 Å². The molecule has 10 heteroatoms. The highest BCUT2D eigenvalue weighted by Crippen LogP contribution is 2.40. The van der Waals surface area contributed by atoms with E-state index in [-0.39, 0.29) is 5.92 Å². The maximum Gasteiger partial charge on any atom is 0.418 e. The van der Waals surface area contributed by atoms with Crippen LogP contribution >= 0.6 is 11.6 Å². The summed E-state index contributed by atoms with van der Waals surface area (Å²) < 4.78 is 43.6. The van der Waals surface area contributed by atoms with E-state index >= 15 is 0 Å². The van der Waals surface area contributed by atoms with Crippen LogP contribution in [-0.2, 0) is 11.0 Å². The molecule has 2 N–H and O–H groups in total. The average molecular weight is 556 g/mol. The molecule has 0 unspecified atom stereocenters. The Balaban J connectivity index is 1.65. The monoisotopic (exact) mass is 555 g/mol. The molecular formula is C29H25ClF3N3O3. The van der Waals surface area contributed by atoms with Crippen LogP contribution in [0.4, 0.5) is 18.9 Å². The molecule has 5 rings (SSSR count). The molecule has 0 spiro atoms. The third-order valence-corrected chi connectivity index (χ3v) is 7.42. The number of aromatic carboxylic acids is 1. The van der Waals surface area contributed by atoms with Crippen molar-refractivity contribution in [3.63, 3.8) is 0 Å². The Morgan fingerprint density at radius 2 is 1.69 bits per heavy atom. The molecule has 4 aromatic rings. The highest BCUT2D eigenvalue weighted by atomic mass is 35.5. The summed E-state index contributed by atoms with van der Waals surface area (Å²) in [5.74, 6) is -1.74. The lowest BCUT2D eigenvalue weighted by Gasteiger charge is -2.32. The molecule has 39 heavy (non-hydrogen) atoms. The van der Waals surface area contributed by atoms with E-state index in [2.05, 4.69) is 5.32 Å². The first-order chi connectivity index (χ1) is 18.6. The Hall–Kier alpha value is -3.85. The van der Waals surface area contributed by atoms with Crippen LogP contribution in [0.2, 0.25) is 5.02 Å². The van der Waals surface area contributed by atoms with Crippen LogP contribution in [0.25, 0.3) is 22.4 Å². The number of imidazole rings is 1. The smallest absolute Gasteiger partial charge is 0.418 e. The zero-order valence-corrected chi connectivity index (χ0v) is 21.5. The minimum Gasteiger partial charge on any atom is -0.478 e. The summed E-state index contributed by atoms with van der Waals surface area (Å²) >= 11 is 6.10. The van der Waals surface area contributed by atoms with Gasteiger partial charge in [-0.3, -0.25) is 4.79 Å². The Bertz CT molecular complexity index is 1530. The van der Waals surface area contributed by atoms with Crippen molar-refractivity contribution >= 4 is 40.2 Å². The zero-order valence-electron chi connectivity index (χ0n) is 20.7. The first-order valence-electron chi connectivity index (χ1n) is 12.6. The highest BCUT2D eigenvalue weighted by Gasteiger charge is 2.38. The number of nitrogens with one attached hydrogen (secondary N) is 1. The zero-order chi connectivity index (χ0) is 27.7. The van der Waals surface area contributed by atoms with Gasteiger partial charge in [0.2, 0.25) is 5.91 Å². The number of carbonyl (C=O) groups excluding carboxylic acids is 1. The lowest BCUT2D eigenvalue weighted by molar-refractivity contribution is -0.137. The predicted octanol–water partition coefficient (Wildman–Crippen LogP) is 7.83. The van der Waals surface area contributed by atoms with Crippen molar-refractivity contribution in [2.75, 3.05) is 5.32 Å². The average Bonchev–Trinajstić information content (AvgIpc) is 3.28. The molecular weight excluding hydrogens is 531 g/mol. The van der Waals surface area contributed by atoms with E-state index in [0.29, 0.717) is 33.5 Å². The van der Waals surface area contributed by atoms with Crippen molar-refractivity contribution < 1.29 is 27.9 Å². The Morgan fingerprint density at radius 3 is 2.36 bits per heavy atom. The number of halogens is 4. The number of anilines is 1. The second-order valence-corrected chi connectivity index (χ2v) is 10.1. The van der Waals surface area contributed by atoms with Crippen molar-refractivity contribution in [3.8, 4) is 11.4 Å². The molecule has 0 radical (unpaired) electrons. The quantitative estimate of drug-likeness (QED) is 0.254. The Kier molecular flexibility index (Phi) is 7.36. The molecule has 0 aliphatic heterocycles. The number of amides is 1. The number of hydrogen-bond acceptors (Lipinski definition) is 3. The number of carbonyl (C=O) groups is 2. The molecule has 1 atom stereocenters. The van der Waals surface area contributed by atoms with Gasteiger partial charge in [-0.05, 0) is 73.4 Å². The van der Waals surface area contributed by atoms with Gasteiger partial charge in [-0.2, -0.15) is 13.2 Å². The molecule has 6 nitrogen and oxygen atoms in total. The van der Waals surface area contributed by atoms with Crippen molar-refractivity contribution in [2.24, 2.45) is 5.92 Å². The number of benzene rings is 3. The van der Waals surface area contributed by atoms with Gasteiger partial charge in [0.1, 0.15) is 11.9 Å². The van der Waals surface area contributed by atoms with Crippen molar-refractivity contribution in [2.45, 2.75) is 44.3 Å². The summed E-state index contributed by atoms with van der Waals surface area (Å²) in [4.78, 5) is 30.2. The normalized spacial score (nSPS) is 15.3. The topological polar surface area (TPSA) is 84.2 Å². The Labute approximate surface area is 227 Å². The molecule has 3 aromatic carbocycles. The maximum absolute atomic E-state index is 14.0. The number of para-hydroxylation sites is 2. The lowest BCUT2D eigenvalue weighted by Crippen LogP contribution is -2.34. The maximum atomic E-state index is 14.0. The SMILES string of the molecule is O=C(O)c1ccc(NC(=O)[C@H](C2CCCCC2)n2c(-c3ccc(Cl)cc3)nc3ccccc32)c(C(F)(F)F)c1. The molecule has 0 saturated heterocycles. The summed E-state index contributed by atoms with van der Waals surface area (Å²) in [5, 5.41) is 12.2. The van der Waals surface area contributed by atoms with Gasteiger partial charge in [-0.15, -0.1) is 0 Å². The van der Waals surface area contributed by atoms with Crippen LogP contribution < -0.4 is 5.32 Å². The second-order valence-electron chi connectivity index (χ2n) is 9.70. The van der Waals surface area contributed by atoms with Gasteiger partial charge in [-0.1, -0.05) is 43.0 Å². The van der Waals surface area contributed by atoms with E-state index in [1.165, 1.54) is 0 Å². The van der Waals surface area contributed by atoms with E-state index in [0.717, 1.165) is 44.2 Å².